The van der Waals surface area contributed by atoms with Crippen LogP contribution < -0.4 is 10.2 Å². The Bertz CT molecular complexity index is 1410. The number of rotatable bonds is 10. The molecule has 1 aromatic carbocycles. The van der Waals surface area contributed by atoms with Gasteiger partial charge in [0.25, 0.3) is 0 Å². The van der Waals surface area contributed by atoms with Gasteiger partial charge in [-0.2, -0.15) is 10.2 Å². The number of H-pyrrole nitrogens is 1. The number of thioether (sulfide) groups is 1. The molecular weight excluding hydrogens is 520 g/mol. The molecule has 1 saturated carbocycles. The van der Waals surface area contributed by atoms with E-state index in [1.54, 1.807) is 45.0 Å². The predicted octanol–water partition coefficient (Wildman–Crippen LogP) is 5.99. The largest absolute Gasteiger partial charge is 0.389 e. The van der Waals surface area contributed by atoms with Crippen LogP contribution in [-0.2, 0) is 6.54 Å². The average molecular weight is 556 g/mol. The third-order valence-electron chi connectivity index (χ3n) is 6.37. The highest BCUT2D eigenvalue weighted by Crippen LogP contribution is 2.44. The molecule has 11 heteroatoms. The number of hydrogen-bond acceptors (Lipinski definition) is 6. The van der Waals surface area contributed by atoms with Crippen LogP contribution in [0.1, 0.15) is 44.9 Å². The number of aromatic amines is 1. The highest BCUT2D eigenvalue weighted by Gasteiger charge is 2.32. The quantitative estimate of drug-likeness (QED) is 0.123. The van der Waals surface area contributed by atoms with Crippen molar-refractivity contribution in [3.05, 3.63) is 71.5 Å². The maximum Gasteiger partial charge on any atom is 0.153 e. The first-order chi connectivity index (χ1) is 18.4. The van der Waals surface area contributed by atoms with Gasteiger partial charge in [-0.25, -0.2) is 13.8 Å². The summed E-state index contributed by atoms with van der Waals surface area (Å²) in [6, 6.07) is 4.48. The zero-order valence-corrected chi connectivity index (χ0v) is 24.0. The summed E-state index contributed by atoms with van der Waals surface area (Å²) in [7, 11) is 1.59. The van der Waals surface area contributed by atoms with Gasteiger partial charge in [-0.05, 0) is 70.4 Å². The van der Waals surface area contributed by atoms with E-state index in [9.17, 15) is 13.9 Å². The monoisotopic (exact) mass is 555 g/mol. The third-order valence-corrected chi connectivity index (χ3v) is 7.08. The van der Waals surface area contributed by atoms with Crippen molar-refractivity contribution >= 4 is 34.7 Å². The van der Waals surface area contributed by atoms with Gasteiger partial charge >= 0.3 is 0 Å². The van der Waals surface area contributed by atoms with Gasteiger partial charge in [-0.1, -0.05) is 6.58 Å². The number of anilines is 2. The van der Waals surface area contributed by atoms with Crippen LogP contribution in [0, 0.1) is 24.5 Å². The van der Waals surface area contributed by atoms with E-state index in [0.29, 0.717) is 28.9 Å². The van der Waals surface area contributed by atoms with Gasteiger partial charge in [0.1, 0.15) is 17.3 Å². The number of aliphatic imine (C=N–C) groups is 1. The number of benzene rings is 1. The number of amidine groups is 1. The van der Waals surface area contributed by atoms with Crippen LogP contribution in [0.15, 0.2) is 58.5 Å². The third kappa shape index (κ3) is 6.96. The SMILES string of the molecule is C=C(/C(=C(\N=C(/C)N(C)c1c(F)cc(SC)cc1F)Nc1cc(C)[nH]n1)C1CC1)c1cnn(CC(C)(C)O)c1. The van der Waals surface area contributed by atoms with Gasteiger partial charge in [0, 0.05) is 41.0 Å². The Kier molecular flexibility index (Phi) is 8.31. The molecule has 0 atom stereocenters. The lowest BCUT2D eigenvalue weighted by atomic mass is 9.98. The number of nitrogens with zero attached hydrogens (tertiary/aromatic N) is 5. The van der Waals surface area contributed by atoms with E-state index in [0.717, 1.165) is 35.2 Å². The van der Waals surface area contributed by atoms with Crippen molar-refractivity contribution in [2.75, 3.05) is 23.5 Å². The van der Waals surface area contributed by atoms with Crippen LogP contribution >= 0.6 is 11.8 Å². The summed E-state index contributed by atoms with van der Waals surface area (Å²) >= 11 is 1.27. The smallest absolute Gasteiger partial charge is 0.153 e. The van der Waals surface area contributed by atoms with E-state index in [4.69, 9.17) is 4.99 Å². The lowest BCUT2D eigenvalue weighted by Crippen LogP contribution is -2.26. The number of hydrogen-bond donors (Lipinski definition) is 3. The molecule has 3 N–H and O–H groups in total. The zero-order valence-electron chi connectivity index (χ0n) is 23.1. The molecule has 1 aliphatic carbocycles. The van der Waals surface area contributed by atoms with Crippen molar-refractivity contribution in [1.82, 2.24) is 20.0 Å². The van der Waals surface area contributed by atoms with Crippen molar-refractivity contribution in [2.24, 2.45) is 10.9 Å². The summed E-state index contributed by atoms with van der Waals surface area (Å²) < 4.78 is 31.5. The van der Waals surface area contributed by atoms with E-state index in [-0.39, 0.29) is 11.6 Å². The lowest BCUT2D eigenvalue weighted by molar-refractivity contribution is 0.0577. The minimum absolute atomic E-state index is 0.177. The highest BCUT2D eigenvalue weighted by molar-refractivity contribution is 7.98. The number of allylic oxidation sites excluding steroid dienone is 2. The first kappa shape index (κ1) is 28.6. The molecule has 0 saturated heterocycles. The predicted molar refractivity (Wildman–Crippen MR) is 154 cm³/mol. The second-order valence-electron chi connectivity index (χ2n) is 10.5. The number of aromatic nitrogens is 4. The minimum atomic E-state index is -0.922. The van der Waals surface area contributed by atoms with Gasteiger partial charge in [-0.15, -0.1) is 11.8 Å². The Labute approximate surface area is 231 Å². The van der Waals surface area contributed by atoms with E-state index < -0.39 is 17.2 Å². The summed E-state index contributed by atoms with van der Waals surface area (Å²) in [6.07, 6.45) is 7.25. The van der Waals surface area contributed by atoms with Crippen LogP contribution in [0.2, 0.25) is 0 Å². The molecule has 0 aliphatic heterocycles. The molecule has 0 spiro atoms. The maximum atomic E-state index is 14.9. The van der Waals surface area contributed by atoms with Gasteiger partial charge in [0.05, 0.1) is 18.3 Å². The fourth-order valence-electron chi connectivity index (χ4n) is 4.25. The van der Waals surface area contributed by atoms with E-state index in [1.165, 1.54) is 28.8 Å². The number of aryl methyl sites for hydroxylation is 1. The molecule has 1 aliphatic rings. The van der Waals surface area contributed by atoms with Gasteiger partial charge < -0.3 is 15.3 Å². The van der Waals surface area contributed by atoms with E-state index in [1.807, 2.05) is 19.2 Å². The maximum absolute atomic E-state index is 14.9. The summed E-state index contributed by atoms with van der Waals surface area (Å²) in [6.45, 7) is 11.7. The Morgan fingerprint density at radius 2 is 1.97 bits per heavy atom. The zero-order chi connectivity index (χ0) is 28.5. The highest BCUT2D eigenvalue weighted by atomic mass is 32.2. The molecule has 3 aromatic rings. The molecule has 2 aromatic heterocycles. The van der Waals surface area contributed by atoms with Crippen molar-refractivity contribution in [3.63, 3.8) is 0 Å². The Hall–Kier alpha value is -3.44. The first-order valence-electron chi connectivity index (χ1n) is 12.7. The summed E-state index contributed by atoms with van der Waals surface area (Å²) in [4.78, 5) is 6.76. The molecule has 8 nitrogen and oxygen atoms in total. The van der Waals surface area contributed by atoms with Gasteiger partial charge in [0.2, 0.25) is 0 Å². The second kappa shape index (κ2) is 11.4. The van der Waals surface area contributed by atoms with Gasteiger partial charge in [0.15, 0.2) is 17.5 Å². The number of halogens is 2. The molecule has 0 bridgehead atoms. The average Bonchev–Trinajstić information content (AvgIpc) is 3.43. The molecule has 208 valence electrons. The van der Waals surface area contributed by atoms with Crippen LogP contribution in [0.5, 0.6) is 0 Å². The van der Waals surface area contributed by atoms with E-state index >= 15 is 0 Å². The van der Waals surface area contributed by atoms with Crippen molar-refractivity contribution in [1.29, 1.82) is 0 Å². The molecule has 4 rings (SSSR count). The summed E-state index contributed by atoms with van der Waals surface area (Å²) in [5.41, 5.74) is 2.18. The van der Waals surface area contributed by atoms with Crippen molar-refractivity contribution < 1.29 is 13.9 Å². The molecule has 0 amide bonds. The van der Waals surface area contributed by atoms with Crippen LogP contribution in [0.3, 0.4) is 0 Å². The topological polar surface area (TPSA) is 94.4 Å². The van der Waals surface area contributed by atoms with Crippen LogP contribution in [0.25, 0.3) is 5.57 Å². The summed E-state index contributed by atoms with van der Waals surface area (Å²) in [5.74, 6) is 0.312. The molecule has 0 radical (unpaired) electrons. The molecular formula is C28H35F2N7OS. The Balaban J connectivity index is 1.77. The Morgan fingerprint density at radius 1 is 1.31 bits per heavy atom. The standard InChI is InChI=1S/C28H35F2N7OS/c1-16-10-24(35-34-16)33-27(32-18(3)36(6)26-22(29)11-21(39-7)12-23(26)30)25(19-8-9-19)17(2)20-13-31-37(14-20)15-28(4,5)38/h10-14,19,38H,2,8-9,15H2,1,3-7H3,(H2,33,34,35)/b27-25-,32-18+. The second-order valence-corrected chi connectivity index (χ2v) is 11.4. The number of nitrogens with one attached hydrogen (secondary N) is 2. The van der Waals surface area contributed by atoms with Gasteiger partial charge in [-0.3, -0.25) is 9.78 Å². The van der Waals surface area contributed by atoms with E-state index in [2.05, 4.69) is 27.2 Å². The normalized spacial score (nSPS) is 14.8. The molecule has 39 heavy (non-hydrogen) atoms. The Morgan fingerprint density at radius 3 is 2.51 bits per heavy atom. The molecule has 0 unspecified atom stereocenters. The fraction of sp³-hybridized carbons (Fsp3) is 0.393. The van der Waals surface area contributed by atoms with Crippen molar-refractivity contribution in [2.45, 2.75) is 57.6 Å². The minimum Gasteiger partial charge on any atom is -0.389 e. The lowest BCUT2D eigenvalue weighted by Gasteiger charge is -2.22. The van der Waals surface area contributed by atoms with Crippen LogP contribution in [-0.4, -0.2) is 49.8 Å². The number of aliphatic hydroxyl groups is 1. The first-order valence-corrected chi connectivity index (χ1v) is 13.9. The van der Waals surface area contributed by atoms with Crippen molar-refractivity contribution in [3.8, 4) is 0 Å². The van der Waals surface area contributed by atoms with Crippen LogP contribution in [0.4, 0.5) is 20.3 Å². The summed E-state index contributed by atoms with van der Waals surface area (Å²) in [5, 5.41) is 25.1. The molecule has 2 heterocycles. The fourth-order valence-corrected chi connectivity index (χ4v) is 4.69. The molecule has 1 fully saturated rings.